The number of amides is 1. The third kappa shape index (κ3) is 8.41. The van der Waals surface area contributed by atoms with Crippen molar-refractivity contribution in [1.82, 2.24) is 9.80 Å². The molecule has 0 radical (unpaired) electrons. The number of piperidine rings is 2. The second-order valence-corrected chi connectivity index (χ2v) is 14.0. The number of nitrogens with zero attached hydrogens (tertiary/aromatic N) is 2. The van der Waals surface area contributed by atoms with Crippen LogP contribution in [0.15, 0.2) is 42.5 Å². The van der Waals surface area contributed by atoms with Crippen LogP contribution in [0.25, 0.3) is 0 Å². The molecule has 1 spiro atoms. The van der Waals surface area contributed by atoms with Crippen LogP contribution in [0.1, 0.15) is 61.0 Å². The Morgan fingerprint density at radius 2 is 1.56 bits per heavy atom. The van der Waals surface area contributed by atoms with Gasteiger partial charge in [0.25, 0.3) is 5.91 Å². The van der Waals surface area contributed by atoms with Gasteiger partial charge in [0.05, 0.1) is 17.5 Å². The van der Waals surface area contributed by atoms with Crippen LogP contribution in [0.3, 0.4) is 0 Å². The van der Waals surface area contributed by atoms with Crippen LogP contribution in [-0.2, 0) is 27.8 Å². The molecule has 0 aromatic heterocycles. The molecule has 0 atom stereocenters. The lowest BCUT2D eigenvalue weighted by molar-refractivity contribution is -0.192. The zero-order valence-electron chi connectivity index (χ0n) is 24.5. The Labute approximate surface area is 250 Å². The van der Waals surface area contributed by atoms with Crippen LogP contribution >= 0.6 is 0 Å². The van der Waals surface area contributed by atoms with Crippen molar-refractivity contribution in [3.8, 4) is 5.75 Å². The molecule has 3 heterocycles. The standard InChI is InChI=1S/C28H37N3O4S.C2HF3O2/c1-27(2)19-21-7-6-8-22(25(21)35-27)20-30-15-11-28(12-16-30)13-17-31(18-14-28)26(32)23-9-4-5-10-24(23)29-36(3,33)34;3-2(4,5)1(6)7/h4-10,29H,11-20H2,1-3H3;(H,6,7). The summed E-state index contributed by atoms with van der Waals surface area (Å²) in [7, 11) is -3.46. The Bertz CT molecular complexity index is 1440. The van der Waals surface area contributed by atoms with Gasteiger partial charge in [-0.3, -0.25) is 14.4 Å². The summed E-state index contributed by atoms with van der Waals surface area (Å²) in [6, 6.07) is 13.4. The van der Waals surface area contributed by atoms with Crippen LogP contribution in [0.4, 0.5) is 18.9 Å². The first-order valence-corrected chi connectivity index (χ1v) is 16.0. The Kier molecular flexibility index (Phi) is 9.36. The average molecular weight is 626 g/mol. The number of ether oxygens (including phenoxy) is 1. The van der Waals surface area contributed by atoms with Gasteiger partial charge < -0.3 is 14.7 Å². The molecule has 2 aromatic rings. The summed E-state index contributed by atoms with van der Waals surface area (Å²) in [4.78, 5) is 26.6. The van der Waals surface area contributed by atoms with E-state index in [1.54, 1.807) is 24.3 Å². The molecule has 43 heavy (non-hydrogen) atoms. The molecule has 5 rings (SSSR count). The van der Waals surface area contributed by atoms with Gasteiger partial charge in [-0.05, 0) is 75.7 Å². The Morgan fingerprint density at radius 3 is 2.14 bits per heavy atom. The molecule has 1 amide bonds. The predicted molar refractivity (Wildman–Crippen MR) is 156 cm³/mol. The number of benzene rings is 2. The van der Waals surface area contributed by atoms with Crippen molar-refractivity contribution in [3.63, 3.8) is 0 Å². The van der Waals surface area contributed by atoms with E-state index < -0.39 is 22.2 Å². The molecular formula is C30H38F3N3O6S. The van der Waals surface area contributed by atoms with Crippen LogP contribution in [0.5, 0.6) is 5.75 Å². The summed E-state index contributed by atoms with van der Waals surface area (Å²) in [5.74, 6) is -1.78. The van der Waals surface area contributed by atoms with Crippen molar-refractivity contribution < 1.29 is 41.0 Å². The summed E-state index contributed by atoms with van der Waals surface area (Å²) < 4.78 is 64.0. The number of sulfonamides is 1. The van der Waals surface area contributed by atoms with Crippen LogP contribution in [0, 0.1) is 5.41 Å². The number of carbonyl (C=O) groups excluding carboxylic acids is 1. The van der Waals surface area contributed by atoms with Gasteiger partial charge in [0.15, 0.2) is 0 Å². The first kappa shape index (κ1) is 32.6. The van der Waals surface area contributed by atoms with Gasteiger partial charge in [-0.25, -0.2) is 13.2 Å². The highest BCUT2D eigenvalue weighted by molar-refractivity contribution is 7.92. The number of para-hydroxylation sites is 2. The molecule has 2 N–H and O–H groups in total. The fraction of sp³-hybridized carbons (Fsp3) is 0.533. The van der Waals surface area contributed by atoms with E-state index in [4.69, 9.17) is 14.6 Å². The van der Waals surface area contributed by atoms with Gasteiger partial charge in [0.1, 0.15) is 11.4 Å². The quantitative estimate of drug-likeness (QED) is 0.485. The lowest BCUT2D eigenvalue weighted by atomic mass is 9.71. The molecule has 2 aromatic carbocycles. The molecular weight excluding hydrogens is 587 g/mol. The van der Waals surface area contributed by atoms with E-state index in [2.05, 4.69) is 41.7 Å². The minimum absolute atomic E-state index is 0.102. The third-order valence-electron chi connectivity index (χ3n) is 8.29. The minimum Gasteiger partial charge on any atom is -0.487 e. The number of hydrogen-bond acceptors (Lipinski definition) is 6. The van der Waals surface area contributed by atoms with Crippen molar-refractivity contribution in [3.05, 3.63) is 59.2 Å². The number of halogens is 3. The Hall–Kier alpha value is -3.32. The summed E-state index contributed by atoms with van der Waals surface area (Å²) >= 11 is 0. The number of carboxylic acid groups (broad SMARTS) is 1. The first-order chi connectivity index (χ1) is 20.0. The largest absolute Gasteiger partial charge is 0.490 e. The number of alkyl halides is 3. The zero-order valence-corrected chi connectivity index (χ0v) is 25.4. The van der Waals surface area contributed by atoms with Gasteiger partial charge in [0.2, 0.25) is 10.0 Å². The Morgan fingerprint density at radius 1 is 0.977 bits per heavy atom. The summed E-state index contributed by atoms with van der Waals surface area (Å²) in [6.45, 7) is 8.76. The van der Waals surface area contributed by atoms with Crippen LogP contribution < -0.4 is 9.46 Å². The number of rotatable bonds is 5. The second-order valence-electron chi connectivity index (χ2n) is 12.2. The monoisotopic (exact) mass is 625 g/mol. The molecule has 0 unspecified atom stereocenters. The smallest absolute Gasteiger partial charge is 0.487 e. The lowest BCUT2D eigenvalue weighted by Crippen LogP contribution is -2.48. The maximum absolute atomic E-state index is 13.2. The van der Waals surface area contributed by atoms with Crippen LogP contribution in [0.2, 0.25) is 0 Å². The van der Waals surface area contributed by atoms with E-state index >= 15 is 0 Å². The van der Waals surface area contributed by atoms with Crippen molar-refractivity contribution in [2.24, 2.45) is 5.41 Å². The van der Waals surface area contributed by atoms with Gasteiger partial charge in [-0.1, -0.05) is 30.3 Å². The highest BCUT2D eigenvalue weighted by atomic mass is 32.2. The van der Waals surface area contributed by atoms with E-state index in [1.807, 2.05) is 4.90 Å². The number of hydrogen-bond donors (Lipinski definition) is 2. The number of fused-ring (bicyclic) bond motifs is 1. The van der Waals surface area contributed by atoms with Crippen LogP contribution in [-0.4, -0.2) is 79.4 Å². The predicted octanol–water partition coefficient (Wildman–Crippen LogP) is 4.92. The maximum atomic E-state index is 13.2. The van der Waals surface area contributed by atoms with Gasteiger partial charge in [-0.15, -0.1) is 0 Å². The minimum atomic E-state index is -5.08. The highest BCUT2D eigenvalue weighted by Gasteiger charge is 2.40. The number of nitrogens with one attached hydrogen (secondary N) is 1. The van der Waals surface area contributed by atoms with E-state index in [1.165, 1.54) is 11.1 Å². The van der Waals surface area contributed by atoms with Crippen molar-refractivity contribution in [1.29, 1.82) is 0 Å². The summed E-state index contributed by atoms with van der Waals surface area (Å²) in [6.07, 6.45) is 1.25. The number of carboxylic acids is 1. The lowest BCUT2D eigenvalue weighted by Gasteiger charge is -2.47. The normalized spacial score (nSPS) is 19.5. The zero-order chi connectivity index (χ0) is 31.6. The van der Waals surface area contributed by atoms with E-state index in [0.717, 1.165) is 63.7 Å². The average Bonchev–Trinajstić information content (AvgIpc) is 3.24. The van der Waals surface area contributed by atoms with Crippen molar-refractivity contribution >= 4 is 27.6 Å². The Balaban J connectivity index is 0.000000541. The topological polar surface area (TPSA) is 116 Å². The fourth-order valence-electron chi connectivity index (χ4n) is 6.04. The molecule has 0 saturated carbocycles. The number of carbonyl (C=O) groups is 2. The molecule has 3 aliphatic heterocycles. The molecule has 3 aliphatic rings. The van der Waals surface area contributed by atoms with Gasteiger partial charge in [-0.2, -0.15) is 13.2 Å². The first-order valence-electron chi connectivity index (χ1n) is 14.2. The maximum Gasteiger partial charge on any atom is 0.490 e. The van der Waals surface area contributed by atoms with E-state index in [-0.39, 0.29) is 16.9 Å². The SMILES string of the molecule is CC1(C)Cc2cccc(CN3CCC4(CC3)CCN(C(=O)c3ccccc3NS(C)(=O)=O)CC4)c2O1.O=C(O)C(F)(F)F. The fourth-order valence-corrected chi connectivity index (χ4v) is 6.62. The molecule has 2 fully saturated rings. The molecule has 13 heteroatoms. The molecule has 9 nitrogen and oxygen atoms in total. The van der Waals surface area contributed by atoms with Crippen molar-refractivity contribution in [2.75, 3.05) is 37.2 Å². The molecule has 0 aliphatic carbocycles. The number of aliphatic carboxylic acids is 1. The third-order valence-corrected chi connectivity index (χ3v) is 8.88. The summed E-state index contributed by atoms with van der Waals surface area (Å²) in [5.41, 5.74) is 3.52. The van der Waals surface area contributed by atoms with Gasteiger partial charge in [0, 0.05) is 31.6 Å². The van der Waals surface area contributed by atoms with Crippen molar-refractivity contribution in [2.45, 2.75) is 64.3 Å². The number of likely N-dealkylation sites (tertiary alicyclic amines) is 2. The molecule has 2 saturated heterocycles. The highest BCUT2D eigenvalue weighted by Crippen LogP contribution is 2.43. The molecule has 236 valence electrons. The molecule has 0 bridgehead atoms. The van der Waals surface area contributed by atoms with E-state index in [9.17, 15) is 26.4 Å². The number of anilines is 1. The van der Waals surface area contributed by atoms with E-state index in [0.29, 0.717) is 24.3 Å². The second kappa shape index (κ2) is 12.4. The summed E-state index contributed by atoms with van der Waals surface area (Å²) in [5, 5.41) is 7.12. The van der Waals surface area contributed by atoms with Gasteiger partial charge >= 0.3 is 12.1 Å².